The molecule has 0 radical (unpaired) electrons. The Labute approximate surface area is 308 Å². The molecule has 0 unspecified atom stereocenters. The van der Waals surface area contributed by atoms with Crippen LogP contribution >= 0.6 is 0 Å². The van der Waals surface area contributed by atoms with Crippen molar-refractivity contribution in [3.8, 4) is 11.5 Å². The average molecular weight is 763 g/mol. The van der Waals surface area contributed by atoms with E-state index in [9.17, 15) is 31.1 Å². The SMILES string of the molecule is Cc1cc(C)c(OC(=O)N(Cc2cc(C(F)(F)F)cc(C(F)(F)F)c2)c2ccnc(Nc3ccc(OCCN4CCN(C(C)C)CC4)c(F)c3)n2)c(C)c1. The van der Waals surface area contributed by atoms with Crippen LogP contribution in [0.2, 0.25) is 0 Å². The molecule has 54 heavy (non-hydrogen) atoms. The van der Waals surface area contributed by atoms with E-state index >= 15 is 4.39 Å². The molecule has 290 valence electrons. The van der Waals surface area contributed by atoms with Crippen LogP contribution in [0.15, 0.2) is 60.8 Å². The number of nitrogens with one attached hydrogen (secondary N) is 1. The lowest BCUT2D eigenvalue weighted by atomic mass is 10.0. The molecule has 1 amide bonds. The van der Waals surface area contributed by atoms with Crippen LogP contribution < -0.4 is 19.7 Å². The van der Waals surface area contributed by atoms with E-state index in [1.807, 2.05) is 6.92 Å². The van der Waals surface area contributed by atoms with E-state index in [0.717, 1.165) is 42.7 Å². The number of carbonyl (C=O) groups excluding carboxylic acids is 1. The van der Waals surface area contributed by atoms with Crippen LogP contribution in [0.4, 0.5) is 53.0 Å². The highest BCUT2D eigenvalue weighted by Gasteiger charge is 2.37. The second-order valence-corrected chi connectivity index (χ2v) is 13.4. The number of hydrogen-bond acceptors (Lipinski definition) is 8. The highest BCUT2D eigenvalue weighted by atomic mass is 19.4. The van der Waals surface area contributed by atoms with Crippen molar-refractivity contribution in [2.45, 2.75) is 59.6 Å². The van der Waals surface area contributed by atoms with E-state index in [1.165, 1.54) is 24.4 Å². The van der Waals surface area contributed by atoms with Gasteiger partial charge in [0, 0.05) is 56.7 Å². The smallest absolute Gasteiger partial charge is 0.421 e. The molecule has 1 saturated heterocycles. The zero-order valence-electron chi connectivity index (χ0n) is 30.4. The maximum atomic E-state index is 15.1. The number of ether oxygens (including phenoxy) is 2. The molecule has 4 aromatic rings. The van der Waals surface area contributed by atoms with Gasteiger partial charge in [0.1, 0.15) is 18.2 Å². The summed E-state index contributed by atoms with van der Waals surface area (Å²) < 4.78 is 109. The van der Waals surface area contributed by atoms with Gasteiger partial charge in [-0.15, -0.1) is 0 Å². The Kier molecular flexibility index (Phi) is 12.4. The predicted octanol–water partition coefficient (Wildman–Crippen LogP) is 8.93. The van der Waals surface area contributed by atoms with Gasteiger partial charge in [0.2, 0.25) is 5.95 Å². The number of hydrogen-bond donors (Lipinski definition) is 1. The monoisotopic (exact) mass is 762 g/mol. The maximum absolute atomic E-state index is 15.1. The molecule has 1 aromatic heterocycles. The molecular formula is C38H41F7N6O3. The van der Waals surface area contributed by atoms with Gasteiger partial charge >= 0.3 is 18.4 Å². The van der Waals surface area contributed by atoms with Gasteiger partial charge in [-0.3, -0.25) is 14.7 Å². The van der Waals surface area contributed by atoms with Crippen LogP contribution in [0.5, 0.6) is 11.5 Å². The number of aromatic nitrogens is 2. The number of anilines is 3. The molecular weight excluding hydrogens is 721 g/mol. The molecule has 2 heterocycles. The number of halogens is 7. The first-order chi connectivity index (χ1) is 25.4. The number of carbonyl (C=O) groups is 1. The molecule has 5 rings (SSSR count). The van der Waals surface area contributed by atoms with Gasteiger partial charge in [-0.25, -0.2) is 14.2 Å². The second kappa shape index (κ2) is 16.6. The number of alkyl halides is 6. The largest absolute Gasteiger partial charge is 0.489 e. The molecule has 1 aliphatic heterocycles. The number of amides is 1. The van der Waals surface area contributed by atoms with Gasteiger partial charge in [-0.05, 0) is 87.7 Å². The van der Waals surface area contributed by atoms with Crippen LogP contribution in [0.25, 0.3) is 0 Å². The maximum Gasteiger partial charge on any atom is 0.421 e. The lowest BCUT2D eigenvalue weighted by Gasteiger charge is -2.36. The Hall–Kier alpha value is -4.96. The summed E-state index contributed by atoms with van der Waals surface area (Å²) in [4.78, 5) is 27.6. The zero-order valence-corrected chi connectivity index (χ0v) is 30.4. The zero-order chi connectivity index (χ0) is 39.4. The topological polar surface area (TPSA) is 83.1 Å². The van der Waals surface area contributed by atoms with Crippen LogP contribution in [0, 0.1) is 26.6 Å². The molecule has 1 N–H and O–H groups in total. The van der Waals surface area contributed by atoms with Crippen molar-refractivity contribution in [2.75, 3.05) is 49.5 Å². The van der Waals surface area contributed by atoms with E-state index in [0.29, 0.717) is 35.8 Å². The van der Waals surface area contributed by atoms with Crippen molar-refractivity contribution < 1.29 is 45.0 Å². The molecule has 3 aromatic carbocycles. The molecule has 0 saturated carbocycles. The third-order valence-electron chi connectivity index (χ3n) is 8.91. The minimum Gasteiger partial charge on any atom is -0.489 e. The Morgan fingerprint density at radius 1 is 0.889 bits per heavy atom. The minimum absolute atomic E-state index is 0.00228. The molecule has 0 bridgehead atoms. The summed E-state index contributed by atoms with van der Waals surface area (Å²) in [6, 6.07) is 10.4. The van der Waals surface area contributed by atoms with Gasteiger partial charge in [-0.1, -0.05) is 17.7 Å². The fourth-order valence-corrected chi connectivity index (χ4v) is 6.17. The summed E-state index contributed by atoms with van der Waals surface area (Å²) in [5, 5.41) is 2.82. The van der Waals surface area contributed by atoms with Gasteiger partial charge in [0.25, 0.3) is 0 Å². The predicted molar refractivity (Wildman–Crippen MR) is 190 cm³/mol. The molecule has 1 fully saturated rings. The van der Waals surface area contributed by atoms with Crippen LogP contribution in [0.1, 0.15) is 47.2 Å². The number of rotatable bonds is 11. The highest BCUT2D eigenvalue weighted by molar-refractivity contribution is 5.88. The van der Waals surface area contributed by atoms with E-state index in [1.54, 1.807) is 26.0 Å². The lowest BCUT2D eigenvalue weighted by molar-refractivity contribution is -0.143. The molecule has 1 aliphatic rings. The fourth-order valence-electron chi connectivity index (χ4n) is 6.17. The van der Waals surface area contributed by atoms with Crippen molar-refractivity contribution in [2.24, 2.45) is 0 Å². The standard InChI is InChI=1S/C38H41F7N6O3/c1-23(2)50-12-10-49(11-13-50)14-15-53-32-7-6-30(21-31(32)39)47-35-46-9-8-33(48-35)51(36(52)54-34-25(4)16-24(3)17-26(34)5)22-27-18-28(37(40,41)42)20-29(19-27)38(43,44)45/h6-9,16-21,23H,10-15,22H2,1-5H3,(H,46,47,48). The third kappa shape index (κ3) is 10.4. The van der Waals surface area contributed by atoms with E-state index in [4.69, 9.17) is 9.47 Å². The Balaban J connectivity index is 1.37. The summed E-state index contributed by atoms with van der Waals surface area (Å²) in [5.74, 6) is -0.845. The molecule has 0 atom stereocenters. The quantitative estimate of drug-likeness (QED) is 0.152. The first-order valence-electron chi connectivity index (χ1n) is 17.2. The Morgan fingerprint density at radius 2 is 1.52 bits per heavy atom. The van der Waals surface area contributed by atoms with Crippen LogP contribution in [-0.4, -0.2) is 71.2 Å². The normalized spacial score (nSPS) is 14.3. The Bertz CT molecular complexity index is 1890. The van der Waals surface area contributed by atoms with Gasteiger partial charge < -0.3 is 14.8 Å². The average Bonchev–Trinajstić information content (AvgIpc) is 3.09. The molecule has 16 heteroatoms. The minimum atomic E-state index is -5.11. The van der Waals surface area contributed by atoms with Gasteiger partial charge in [0.15, 0.2) is 11.6 Å². The summed E-state index contributed by atoms with van der Waals surface area (Å²) >= 11 is 0. The van der Waals surface area contributed by atoms with Crippen molar-refractivity contribution in [3.05, 3.63) is 100.0 Å². The third-order valence-corrected chi connectivity index (χ3v) is 8.91. The van der Waals surface area contributed by atoms with Gasteiger partial charge in [0.05, 0.1) is 17.7 Å². The van der Waals surface area contributed by atoms with Gasteiger partial charge in [-0.2, -0.15) is 31.3 Å². The fraction of sp³-hybridized carbons (Fsp3) is 0.395. The van der Waals surface area contributed by atoms with E-state index in [2.05, 4.69) is 38.9 Å². The first kappa shape index (κ1) is 40.2. The molecule has 0 aliphatic carbocycles. The molecule has 9 nitrogen and oxygen atoms in total. The highest BCUT2D eigenvalue weighted by Crippen LogP contribution is 2.37. The number of piperazine rings is 1. The summed E-state index contributed by atoms with van der Waals surface area (Å²) in [7, 11) is 0. The van der Waals surface area contributed by atoms with Crippen LogP contribution in [-0.2, 0) is 18.9 Å². The summed E-state index contributed by atoms with van der Waals surface area (Å²) in [6.45, 7) is 13.3. The van der Waals surface area contributed by atoms with Crippen molar-refractivity contribution in [3.63, 3.8) is 0 Å². The lowest BCUT2D eigenvalue weighted by Crippen LogP contribution is -2.49. The van der Waals surface area contributed by atoms with Crippen molar-refractivity contribution >= 4 is 23.5 Å². The number of nitrogens with zero attached hydrogens (tertiary/aromatic N) is 5. The summed E-state index contributed by atoms with van der Waals surface area (Å²) in [6.07, 6.45) is -10.1. The number of benzene rings is 3. The summed E-state index contributed by atoms with van der Waals surface area (Å²) in [5.41, 5.74) is -1.36. The molecule has 0 spiro atoms. The van der Waals surface area contributed by atoms with E-state index in [-0.39, 0.29) is 41.6 Å². The Morgan fingerprint density at radius 3 is 2.09 bits per heavy atom. The number of aryl methyl sites for hydroxylation is 3. The van der Waals surface area contributed by atoms with Crippen molar-refractivity contribution in [1.29, 1.82) is 0 Å². The van der Waals surface area contributed by atoms with E-state index < -0.39 is 47.5 Å². The van der Waals surface area contributed by atoms with Crippen molar-refractivity contribution in [1.82, 2.24) is 19.8 Å². The first-order valence-corrected chi connectivity index (χ1v) is 17.2. The second-order valence-electron chi connectivity index (χ2n) is 13.4. The van der Waals surface area contributed by atoms with Crippen LogP contribution in [0.3, 0.4) is 0 Å².